The summed E-state index contributed by atoms with van der Waals surface area (Å²) in [6.07, 6.45) is 1.81. The van der Waals surface area contributed by atoms with E-state index < -0.39 is 57.0 Å². The lowest BCUT2D eigenvalue weighted by atomic mass is 9.56. The lowest BCUT2D eigenvalue weighted by molar-refractivity contribution is -0.125. The number of phenolic OH excluding ortho intramolecular Hbond substituents is 1. The molecule has 2 aliphatic carbocycles. The average Bonchev–Trinajstić information content (AvgIpc) is 3.48. The molecule has 4 aromatic carbocycles. The average molecular weight is 741 g/mol. The Morgan fingerprint density at radius 2 is 1.48 bits per heavy atom. The highest BCUT2D eigenvalue weighted by Gasteiger charge is 2.76. The van der Waals surface area contributed by atoms with Gasteiger partial charge in [0.15, 0.2) is 21.2 Å². The van der Waals surface area contributed by atoms with Crippen LogP contribution in [0.2, 0.25) is 0 Å². The second kappa shape index (κ2) is 12.5. The second-order valence-electron chi connectivity index (χ2n) is 13.5. The molecule has 52 heavy (non-hydrogen) atoms. The molecule has 4 aliphatic rings. The minimum atomic E-state index is -2.11. The van der Waals surface area contributed by atoms with Gasteiger partial charge in [-0.25, -0.2) is 9.29 Å². The van der Waals surface area contributed by atoms with Crippen LogP contribution in [0, 0.1) is 23.6 Å². The summed E-state index contributed by atoms with van der Waals surface area (Å²) in [6.45, 7) is 1.98. The van der Waals surface area contributed by atoms with E-state index in [1.165, 1.54) is 23.1 Å². The number of anilines is 4. The Labute approximate surface area is 308 Å². The number of phenols is 1. The second-order valence-corrected chi connectivity index (χ2v) is 14.7. The van der Waals surface area contributed by atoms with Crippen LogP contribution in [0.5, 0.6) is 11.5 Å². The van der Waals surface area contributed by atoms with Gasteiger partial charge in [0, 0.05) is 17.3 Å². The molecule has 0 radical (unpaired) electrons. The third-order valence-electron chi connectivity index (χ3n) is 10.7. The first-order valence-electron chi connectivity index (χ1n) is 17.0. The van der Waals surface area contributed by atoms with Crippen LogP contribution in [-0.4, -0.2) is 45.1 Å². The molecule has 0 spiro atoms. The Kier molecular flexibility index (Phi) is 8.15. The van der Waals surface area contributed by atoms with E-state index in [4.69, 9.17) is 27.9 Å². The highest BCUT2D eigenvalue weighted by molar-refractivity contribution is 6.58. The van der Waals surface area contributed by atoms with Gasteiger partial charge >= 0.3 is 0 Å². The number of alkyl halides is 2. The highest BCUT2D eigenvalue weighted by Crippen LogP contribution is 2.66. The number of aromatic hydroxyl groups is 1. The Balaban J connectivity index is 1.21. The van der Waals surface area contributed by atoms with Crippen molar-refractivity contribution in [1.82, 2.24) is 0 Å². The monoisotopic (exact) mass is 739 g/mol. The number of hydrogen-bond donors (Lipinski definition) is 2. The van der Waals surface area contributed by atoms with Gasteiger partial charge in [-0.15, -0.1) is 23.2 Å². The van der Waals surface area contributed by atoms with Crippen LogP contribution in [0.3, 0.4) is 0 Å². The van der Waals surface area contributed by atoms with Gasteiger partial charge in [-0.05, 0) is 104 Å². The number of hydrogen-bond acceptors (Lipinski definition) is 7. The molecule has 2 aliphatic heterocycles. The topological polar surface area (TPSA) is 116 Å². The molecule has 4 amide bonds. The molecule has 12 heteroatoms. The van der Waals surface area contributed by atoms with Crippen LogP contribution in [-0.2, 0) is 19.2 Å². The van der Waals surface area contributed by atoms with Crippen LogP contribution >= 0.6 is 23.2 Å². The predicted octanol–water partition coefficient (Wildman–Crippen LogP) is 7.44. The first kappa shape index (κ1) is 33.9. The van der Waals surface area contributed by atoms with Gasteiger partial charge in [0.25, 0.3) is 11.8 Å². The van der Waals surface area contributed by atoms with Gasteiger partial charge in [0.2, 0.25) is 11.8 Å². The predicted molar refractivity (Wildman–Crippen MR) is 195 cm³/mol. The van der Waals surface area contributed by atoms with Crippen molar-refractivity contribution in [3.8, 4) is 11.5 Å². The fourth-order valence-corrected chi connectivity index (χ4v) is 9.33. The molecule has 264 valence electrons. The Morgan fingerprint density at radius 1 is 0.827 bits per heavy atom. The van der Waals surface area contributed by atoms with Crippen molar-refractivity contribution < 1.29 is 33.4 Å². The van der Waals surface area contributed by atoms with E-state index >= 15 is 0 Å². The van der Waals surface area contributed by atoms with E-state index in [1.807, 2.05) is 36.4 Å². The third kappa shape index (κ3) is 4.95. The number of nitrogens with one attached hydrogen (secondary N) is 1. The number of nitrogens with zero attached hydrogens (tertiary/aromatic N) is 2. The standard InChI is InChI=1S/C40H32Cl2FN3O6/c1-2-52-32-20-22(8-19-31(32)47)34-28-17-18-29-33(36(49)45(35(29)48)26-15-11-25(12-16-26)44-24-6-4-3-5-7-24)30(28)21-39(41)37(50)46(38(51)40(34,39)42)27-13-9-23(43)10-14-27/h3-17,19-20,29-30,33-34,44,47H,2,18,21H2,1H3. The quantitative estimate of drug-likeness (QED) is 0.115. The molecule has 2 heterocycles. The van der Waals surface area contributed by atoms with Gasteiger partial charge in [-0.1, -0.05) is 35.9 Å². The third-order valence-corrected chi connectivity index (χ3v) is 12.1. The first-order valence-corrected chi connectivity index (χ1v) is 17.7. The maximum atomic E-state index is 14.6. The molecule has 3 fully saturated rings. The molecule has 6 unspecified atom stereocenters. The first-order chi connectivity index (χ1) is 25.0. The van der Waals surface area contributed by atoms with Crippen molar-refractivity contribution in [2.45, 2.75) is 35.4 Å². The summed E-state index contributed by atoms with van der Waals surface area (Å²) < 4.78 is 19.6. The normalized spacial score (nSPS) is 28.0. The van der Waals surface area contributed by atoms with Crippen LogP contribution in [0.1, 0.15) is 31.2 Å². The lowest BCUT2D eigenvalue weighted by Gasteiger charge is -2.50. The van der Waals surface area contributed by atoms with Gasteiger partial charge in [-0.3, -0.25) is 24.1 Å². The number of halogens is 3. The van der Waals surface area contributed by atoms with E-state index in [2.05, 4.69) is 5.32 Å². The fraction of sp³-hybridized carbons (Fsp3) is 0.250. The van der Waals surface area contributed by atoms with Crippen LogP contribution in [0.15, 0.2) is 109 Å². The number of benzene rings is 4. The van der Waals surface area contributed by atoms with Crippen molar-refractivity contribution in [2.24, 2.45) is 17.8 Å². The summed E-state index contributed by atoms with van der Waals surface area (Å²) in [7, 11) is 0. The molecule has 9 nitrogen and oxygen atoms in total. The minimum Gasteiger partial charge on any atom is -0.504 e. The number of carbonyl (C=O) groups is 4. The molecule has 0 aromatic heterocycles. The zero-order chi connectivity index (χ0) is 36.5. The number of carbonyl (C=O) groups excluding carboxylic acids is 4. The van der Waals surface area contributed by atoms with Crippen LogP contribution < -0.4 is 19.9 Å². The van der Waals surface area contributed by atoms with Gasteiger partial charge in [-0.2, -0.15) is 0 Å². The highest BCUT2D eigenvalue weighted by atomic mass is 35.5. The van der Waals surface area contributed by atoms with Crippen molar-refractivity contribution in [2.75, 3.05) is 21.7 Å². The maximum Gasteiger partial charge on any atom is 0.258 e. The molecule has 1 saturated carbocycles. The number of rotatable bonds is 7. The fourth-order valence-electron chi connectivity index (χ4n) is 8.39. The molecular formula is C40H32Cl2FN3O6. The van der Waals surface area contributed by atoms with E-state index in [9.17, 15) is 28.7 Å². The SMILES string of the molecule is CCOc1cc(C2C3=CCC4C(=O)N(c5ccc(Nc6ccccc6)cc5)C(=O)C4C3CC3(Cl)C(=O)N(c4ccc(F)cc4)C(=O)C23Cl)ccc1O. The number of fused-ring (bicyclic) bond motifs is 4. The number of ether oxygens (including phenoxy) is 1. The molecule has 8 rings (SSSR count). The number of amides is 4. The van der Waals surface area contributed by atoms with Crippen molar-refractivity contribution in [3.05, 3.63) is 120 Å². The summed E-state index contributed by atoms with van der Waals surface area (Å²) in [4.78, 5) is 55.5. The molecule has 6 atom stereocenters. The maximum absolute atomic E-state index is 14.6. The Morgan fingerprint density at radius 3 is 2.17 bits per heavy atom. The summed E-state index contributed by atoms with van der Waals surface area (Å²) in [5, 5.41) is 13.9. The molecule has 2 saturated heterocycles. The molecular weight excluding hydrogens is 708 g/mol. The lowest BCUT2D eigenvalue weighted by Crippen LogP contribution is -2.60. The summed E-state index contributed by atoms with van der Waals surface area (Å²) >= 11 is 14.9. The number of imide groups is 2. The zero-order valence-corrected chi connectivity index (χ0v) is 29.3. The zero-order valence-electron chi connectivity index (χ0n) is 27.8. The van der Waals surface area contributed by atoms with Crippen molar-refractivity contribution in [1.29, 1.82) is 0 Å². The van der Waals surface area contributed by atoms with Crippen LogP contribution in [0.25, 0.3) is 0 Å². The number of para-hydroxylation sites is 1. The van der Waals surface area contributed by atoms with Crippen molar-refractivity contribution in [3.63, 3.8) is 0 Å². The summed E-state index contributed by atoms with van der Waals surface area (Å²) in [5.41, 5.74) is 3.15. The summed E-state index contributed by atoms with van der Waals surface area (Å²) in [6, 6.07) is 25.9. The minimum absolute atomic E-state index is 0.0867. The van der Waals surface area contributed by atoms with Crippen LogP contribution in [0.4, 0.5) is 27.1 Å². The van der Waals surface area contributed by atoms with E-state index in [-0.39, 0.29) is 42.5 Å². The summed E-state index contributed by atoms with van der Waals surface area (Å²) in [5.74, 6) is -6.50. The Bertz CT molecular complexity index is 2160. The van der Waals surface area contributed by atoms with Gasteiger partial charge < -0.3 is 15.2 Å². The Hall–Kier alpha value is -5.19. The van der Waals surface area contributed by atoms with Gasteiger partial charge in [0.1, 0.15) is 5.82 Å². The molecule has 0 bridgehead atoms. The van der Waals surface area contributed by atoms with E-state index in [0.717, 1.165) is 28.4 Å². The largest absolute Gasteiger partial charge is 0.504 e. The van der Waals surface area contributed by atoms with E-state index in [1.54, 1.807) is 43.3 Å². The molecule has 2 N–H and O–H groups in total. The van der Waals surface area contributed by atoms with Gasteiger partial charge in [0.05, 0.1) is 29.8 Å². The van der Waals surface area contributed by atoms with E-state index in [0.29, 0.717) is 16.8 Å². The smallest absolute Gasteiger partial charge is 0.258 e. The number of allylic oxidation sites excluding steroid dienone is 2. The van der Waals surface area contributed by atoms with Crippen molar-refractivity contribution >= 4 is 69.6 Å². The molecule has 4 aromatic rings.